The molecule has 2 N–H and O–H groups in total. The Bertz CT molecular complexity index is 663. The van der Waals surface area contributed by atoms with Gasteiger partial charge < -0.3 is 4.74 Å². The molecule has 9 nitrogen and oxygen atoms in total. The van der Waals surface area contributed by atoms with E-state index in [0.29, 0.717) is 5.82 Å². The van der Waals surface area contributed by atoms with Gasteiger partial charge in [-0.2, -0.15) is 5.10 Å². The van der Waals surface area contributed by atoms with Gasteiger partial charge in [0.15, 0.2) is 9.90 Å². The Balaban J connectivity index is 2.20. The van der Waals surface area contributed by atoms with Gasteiger partial charge >= 0.3 is 5.97 Å². The van der Waals surface area contributed by atoms with Gasteiger partial charge in [0, 0.05) is 0 Å². The Morgan fingerprint density at radius 2 is 2.32 bits per heavy atom. The van der Waals surface area contributed by atoms with E-state index >= 15 is 0 Å². The Morgan fingerprint density at radius 1 is 1.53 bits per heavy atom. The first-order valence-corrected chi connectivity index (χ1v) is 7.26. The molecule has 0 amide bonds. The summed E-state index contributed by atoms with van der Waals surface area (Å²) in [6.07, 6.45) is 1.26. The van der Waals surface area contributed by atoms with Crippen LogP contribution in [0.1, 0.15) is 16.3 Å². The van der Waals surface area contributed by atoms with Crippen molar-refractivity contribution < 1.29 is 17.9 Å². The van der Waals surface area contributed by atoms with Gasteiger partial charge in [0.25, 0.3) is 10.0 Å². The van der Waals surface area contributed by atoms with Crippen molar-refractivity contribution in [2.24, 2.45) is 0 Å². The quantitative estimate of drug-likeness (QED) is 0.714. The van der Waals surface area contributed by atoms with E-state index < -0.39 is 16.0 Å². The largest absolute Gasteiger partial charge is 0.464 e. The Morgan fingerprint density at radius 3 is 2.95 bits per heavy atom. The van der Waals surface area contributed by atoms with Crippen molar-refractivity contribution in [2.75, 3.05) is 7.11 Å². The number of methoxy groups -OCH3 is 1. The molecule has 19 heavy (non-hydrogen) atoms. The molecule has 102 valence electrons. The van der Waals surface area contributed by atoms with Gasteiger partial charge in [-0.1, -0.05) is 0 Å². The summed E-state index contributed by atoms with van der Waals surface area (Å²) >= 11 is 0.829. The van der Waals surface area contributed by atoms with Crippen molar-refractivity contribution in [1.29, 1.82) is 0 Å². The van der Waals surface area contributed by atoms with Crippen molar-refractivity contribution in [3.63, 3.8) is 0 Å². The molecule has 0 spiro atoms. The molecule has 0 aliphatic rings. The van der Waals surface area contributed by atoms with Crippen molar-refractivity contribution in [2.45, 2.75) is 10.8 Å². The van der Waals surface area contributed by atoms with Gasteiger partial charge in [-0.05, 0) is 0 Å². The number of ether oxygens (including phenoxy) is 1. The normalized spacial score (nSPS) is 11.4. The molecule has 0 aliphatic heterocycles. The van der Waals surface area contributed by atoms with Crippen LogP contribution in [0.25, 0.3) is 0 Å². The second-order valence-corrected chi connectivity index (χ2v) is 6.05. The fraction of sp³-hybridized carbons (Fsp3) is 0.250. The van der Waals surface area contributed by atoms with E-state index in [1.807, 2.05) is 0 Å². The Kier molecular flexibility index (Phi) is 3.87. The molecule has 0 saturated heterocycles. The lowest BCUT2D eigenvalue weighted by molar-refractivity contribution is 0.0590. The average molecular weight is 303 g/mol. The molecule has 0 bridgehead atoms. The third kappa shape index (κ3) is 2.94. The minimum absolute atomic E-state index is 0.0686. The molecule has 0 saturated carbocycles. The second-order valence-electron chi connectivity index (χ2n) is 3.24. The summed E-state index contributed by atoms with van der Waals surface area (Å²) in [6, 6.07) is 0. The summed E-state index contributed by atoms with van der Waals surface area (Å²) in [5.41, 5.74) is 1.02. The molecule has 0 fully saturated rings. The molecule has 0 aromatic carbocycles. The highest BCUT2D eigenvalue weighted by Gasteiger charge is 2.26. The smallest absolute Gasteiger partial charge is 0.358 e. The van der Waals surface area contributed by atoms with Gasteiger partial charge in [-0.3, -0.25) is 5.10 Å². The van der Waals surface area contributed by atoms with E-state index in [-0.39, 0.29) is 16.4 Å². The molecule has 2 heterocycles. The van der Waals surface area contributed by atoms with Crippen molar-refractivity contribution in [3.05, 3.63) is 23.4 Å². The molecule has 0 radical (unpaired) electrons. The summed E-state index contributed by atoms with van der Waals surface area (Å²) in [6.45, 7) is -0.0686. The first kappa shape index (κ1) is 13.6. The summed E-state index contributed by atoms with van der Waals surface area (Å²) in [4.78, 5) is 18.8. The lowest BCUT2D eigenvalue weighted by Crippen LogP contribution is -2.25. The van der Waals surface area contributed by atoms with Gasteiger partial charge in [0.2, 0.25) is 0 Å². The molecular weight excluding hydrogens is 294 g/mol. The molecule has 11 heteroatoms. The third-order valence-corrected chi connectivity index (χ3v) is 4.82. The summed E-state index contributed by atoms with van der Waals surface area (Å²) in [5.74, 6) is -0.450. The molecule has 0 atom stereocenters. The molecule has 2 rings (SSSR count). The molecule has 0 aliphatic carbocycles. The van der Waals surface area contributed by atoms with Gasteiger partial charge in [-0.15, -0.1) is 11.3 Å². The number of rotatable bonds is 5. The van der Waals surface area contributed by atoms with Gasteiger partial charge in [0.1, 0.15) is 12.2 Å². The van der Waals surface area contributed by atoms with Crippen LogP contribution in [0.3, 0.4) is 0 Å². The minimum atomic E-state index is -3.86. The van der Waals surface area contributed by atoms with Gasteiger partial charge in [-0.25, -0.2) is 27.9 Å². The predicted octanol–water partition coefficient (Wildman–Crippen LogP) is -0.474. The number of sulfonamides is 1. The Hall–Kier alpha value is -1.85. The predicted molar refractivity (Wildman–Crippen MR) is 63.9 cm³/mol. The van der Waals surface area contributed by atoms with Crippen LogP contribution in [0, 0.1) is 0 Å². The number of hydrogen-bond acceptors (Lipinski definition) is 8. The zero-order valence-corrected chi connectivity index (χ0v) is 11.3. The summed E-state index contributed by atoms with van der Waals surface area (Å²) in [7, 11) is -2.71. The lowest BCUT2D eigenvalue weighted by atomic mass is 10.5. The van der Waals surface area contributed by atoms with Crippen LogP contribution >= 0.6 is 11.3 Å². The highest BCUT2D eigenvalue weighted by Crippen LogP contribution is 2.20. The molecular formula is C8H9N5O4S2. The second kappa shape index (κ2) is 5.42. The number of nitrogens with one attached hydrogen (secondary N) is 2. The van der Waals surface area contributed by atoms with E-state index in [1.165, 1.54) is 11.8 Å². The third-order valence-electron chi connectivity index (χ3n) is 2.05. The van der Waals surface area contributed by atoms with Gasteiger partial charge in [0.05, 0.1) is 19.2 Å². The minimum Gasteiger partial charge on any atom is -0.464 e. The van der Waals surface area contributed by atoms with E-state index in [0.717, 1.165) is 18.4 Å². The van der Waals surface area contributed by atoms with Crippen LogP contribution in [-0.4, -0.2) is 41.7 Å². The average Bonchev–Trinajstić information content (AvgIpc) is 3.06. The first-order chi connectivity index (χ1) is 9.04. The number of nitrogens with zero attached hydrogens (tertiary/aromatic N) is 3. The van der Waals surface area contributed by atoms with Crippen LogP contribution in [0.5, 0.6) is 0 Å². The summed E-state index contributed by atoms with van der Waals surface area (Å²) < 4.78 is 30.6. The summed E-state index contributed by atoms with van der Waals surface area (Å²) in [5, 5.41) is 6.10. The van der Waals surface area contributed by atoms with Crippen LogP contribution in [0.15, 0.2) is 16.0 Å². The van der Waals surface area contributed by atoms with Crippen LogP contribution in [0.2, 0.25) is 0 Å². The van der Waals surface area contributed by atoms with Crippen molar-refractivity contribution in [1.82, 2.24) is 24.9 Å². The van der Waals surface area contributed by atoms with Crippen LogP contribution < -0.4 is 4.72 Å². The highest BCUT2D eigenvalue weighted by atomic mass is 32.2. The maximum absolute atomic E-state index is 12.0. The fourth-order valence-electron chi connectivity index (χ4n) is 1.20. The highest BCUT2D eigenvalue weighted by molar-refractivity contribution is 7.91. The Labute approximate surface area is 112 Å². The molecule has 2 aromatic heterocycles. The standard InChI is InChI=1S/C8H9N5O4S2/c1-17-7(14)6-8(18-4-10-6)19(15,16)12-2-5-9-3-11-13-5/h3-4,12H,2H2,1H3,(H,9,11,13). The van der Waals surface area contributed by atoms with Crippen molar-refractivity contribution >= 4 is 27.3 Å². The number of hydrogen-bond donors (Lipinski definition) is 2. The van der Waals surface area contributed by atoms with Crippen LogP contribution in [-0.2, 0) is 21.3 Å². The van der Waals surface area contributed by atoms with Crippen LogP contribution in [0.4, 0.5) is 0 Å². The lowest BCUT2D eigenvalue weighted by Gasteiger charge is -2.04. The molecule has 0 unspecified atom stereocenters. The number of H-pyrrole nitrogens is 1. The number of thiazole rings is 1. The first-order valence-electron chi connectivity index (χ1n) is 4.90. The van der Waals surface area contributed by atoms with Crippen molar-refractivity contribution in [3.8, 4) is 0 Å². The van der Waals surface area contributed by atoms with E-state index in [9.17, 15) is 13.2 Å². The SMILES string of the molecule is COC(=O)c1ncsc1S(=O)(=O)NCc1ncn[nH]1. The van der Waals surface area contributed by atoms with E-state index in [2.05, 4.69) is 29.6 Å². The number of esters is 1. The topological polar surface area (TPSA) is 127 Å². The van der Waals surface area contributed by atoms with E-state index in [1.54, 1.807) is 0 Å². The zero-order valence-electron chi connectivity index (χ0n) is 9.65. The fourth-order valence-corrected chi connectivity index (χ4v) is 3.37. The number of carbonyl (C=O) groups excluding carboxylic acids is 1. The number of carbonyl (C=O) groups is 1. The van der Waals surface area contributed by atoms with E-state index in [4.69, 9.17) is 0 Å². The monoisotopic (exact) mass is 303 g/mol. The number of aromatic nitrogens is 4. The maximum atomic E-state index is 12.0. The number of aromatic amines is 1. The zero-order chi connectivity index (χ0) is 13.9. The maximum Gasteiger partial charge on any atom is 0.358 e. The molecule has 2 aromatic rings.